The largest absolute Gasteiger partial charge is 0.465 e. The molecule has 0 radical (unpaired) electrons. The molecule has 0 aromatic carbocycles. The van der Waals surface area contributed by atoms with Gasteiger partial charge in [0, 0.05) is 11.6 Å². The van der Waals surface area contributed by atoms with Crippen LogP contribution < -0.4 is 0 Å². The minimum absolute atomic E-state index is 0.242. The molecular weight excluding hydrogens is 270 g/mol. The van der Waals surface area contributed by atoms with Crippen molar-refractivity contribution in [2.45, 2.75) is 39.0 Å². The molecule has 1 aromatic rings. The molecule has 0 aliphatic heterocycles. The number of aromatic nitrogens is 1. The first kappa shape index (κ1) is 16.3. The molecule has 0 saturated heterocycles. The van der Waals surface area contributed by atoms with Gasteiger partial charge in [0.1, 0.15) is 0 Å². The third kappa shape index (κ3) is 3.84. The van der Waals surface area contributed by atoms with Crippen molar-refractivity contribution < 1.29 is 14.3 Å². The van der Waals surface area contributed by atoms with Crippen molar-refractivity contribution in [3.8, 4) is 11.8 Å². The highest BCUT2D eigenvalue weighted by Crippen LogP contribution is 2.19. The Balaban J connectivity index is 3.25. The van der Waals surface area contributed by atoms with Gasteiger partial charge in [0.25, 0.3) is 0 Å². The number of aldehydes is 1. The van der Waals surface area contributed by atoms with E-state index in [2.05, 4.69) is 36.5 Å². The van der Waals surface area contributed by atoms with Crippen LogP contribution in [-0.4, -0.2) is 32.4 Å². The first-order chi connectivity index (χ1) is 9.34. The highest BCUT2D eigenvalue weighted by atomic mass is 28.3. The van der Waals surface area contributed by atoms with Gasteiger partial charge in [-0.25, -0.2) is 4.79 Å². The zero-order chi connectivity index (χ0) is 15.3. The number of carbonyl (C=O) groups is 2. The molecule has 1 N–H and O–H groups in total. The summed E-state index contributed by atoms with van der Waals surface area (Å²) in [5.74, 6) is 5.71. The van der Waals surface area contributed by atoms with Crippen LogP contribution in [0.15, 0.2) is 0 Å². The monoisotopic (exact) mass is 291 g/mol. The normalized spacial score (nSPS) is 10.7. The number of ether oxygens (including phenoxy) is 1. The van der Waals surface area contributed by atoms with Crippen LogP contribution in [0.3, 0.4) is 0 Å². The highest BCUT2D eigenvalue weighted by Gasteiger charge is 2.21. The van der Waals surface area contributed by atoms with Gasteiger partial charge in [-0.2, -0.15) is 0 Å². The summed E-state index contributed by atoms with van der Waals surface area (Å²) in [4.78, 5) is 25.8. The summed E-state index contributed by atoms with van der Waals surface area (Å²) in [7, 11) is 0.0743. The summed E-state index contributed by atoms with van der Waals surface area (Å²) in [6.45, 7) is 8.66. The highest BCUT2D eigenvalue weighted by molar-refractivity contribution is 6.76. The average Bonchev–Trinajstić information content (AvgIpc) is 2.74. The number of H-pyrrole nitrogens is 1. The third-order valence-electron chi connectivity index (χ3n) is 2.83. The minimum atomic E-state index is -1.23. The molecule has 1 aromatic heterocycles. The lowest BCUT2D eigenvalue weighted by molar-refractivity contribution is 0.0597. The lowest BCUT2D eigenvalue weighted by Crippen LogP contribution is -2.17. The zero-order valence-corrected chi connectivity index (χ0v) is 13.7. The van der Waals surface area contributed by atoms with Gasteiger partial charge in [0.05, 0.1) is 32.1 Å². The van der Waals surface area contributed by atoms with Crippen LogP contribution in [-0.2, 0) is 11.2 Å². The Morgan fingerprint density at radius 2 is 2.05 bits per heavy atom. The number of nitrogens with one attached hydrogen (secondary N) is 1. The number of carbonyl (C=O) groups excluding carboxylic acids is 2. The second-order valence-corrected chi connectivity index (χ2v) is 11.2. The number of hydrogen-bond donors (Lipinski definition) is 1. The quantitative estimate of drug-likeness (QED) is 0.401. The summed E-state index contributed by atoms with van der Waals surface area (Å²) in [5, 5.41) is 0. The fraction of sp³-hybridized carbons (Fsp3) is 0.467. The Morgan fingerprint density at radius 3 is 2.50 bits per heavy atom. The predicted molar refractivity (Wildman–Crippen MR) is 81.9 cm³/mol. The van der Waals surface area contributed by atoms with Crippen molar-refractivity contribution in [3.05, 3.63) is 22.5 Å². The number of aromatic amines is 1. The molecule has 0 unspecified atom stereocenters. The molecule has 20 heavy (non-hydrogen) atoms. The molecule has 0 aliphatic carbocycles. The Kier molecular flexibility index (Phi) is 5.34. The van der Waals surface area contributed by atoms with Crippen LogP contribution in [0.1, 0.15) is 39.0 Å². The zero-order valence-electron chi connectivity index (χ0n) is 12.7. The van der Waals surface area contributed by atoms with Crippen LogP contribution in [0.5, 0.6) is 0 Å². The Hall–Kier alpha value is -1.80. The predicted octanol–water partition coefficient (Wildman–Crippen LogP) is 2.87. The summed E-state index contributed by atoms with van der Waals surface area (Å²) in [6, 6.07) is 0.874. The minimum Gasteiger partial charge on any atom is -0.465 e. The smallest absolute Gasteiger partial charge is 0.340 e. The second-order valence-electron chi connectivity index (χ2n) is 5.77. The summed E-state index contributed by atoms with van der Waals surface area (Å²) in [6.07, 6.45) is 1.25. The molecule has 0 bridgehead atoms. The molecule has 1 heterocycles. The van der Waals surface area contributed by atoms with Crippen LogP contribution in [0.25, 0.3) is 0 Å². The summed E-state index contributed by atoms with van der Waals surface area (Å²) < 4.78 is 4.73. The molecule has 0 amide bonds. The average molecular weight is 291 g/mol. The molecule has 0 saturated carbocycles. The maximum atomic E-state index is 11.8. The Morgan fingerprint density at radius 1 is 1.40 bits per heavy atom. The van der Waals surface area contributed by atoms with Crippen LogP contribution in [0, 0.1) is 11.8 Å². The topological polar surface area (TPSA) is 59.2 Å². The maximum Gasteiger partial charge on any atom is 0.340 e. The van der Waals surface area contributed by atoms with Crippen molar-refractivity contribution in [3.63, 3.8) is 0 Å². The van der Waals surface area contributed by atoms with E-state index < -0.39 is 14.0 Å². The van der Waals surface area contributed by atoms with Gasteiger partial charge in [-0.05, 0) is 12.3 Å². The molecule has 0 aliphatic rings. The van der Waals surface area contributed by atoms with Crippen molar-refractivity contribution in [2.75, 3.05) is 7.11 Å². The van der Waals surface area contributed by atoms with Crippen LogP contribution in [0.2, 0.25) is 25.7 Å². The van der Waals surface area contributed by atoms with E-state index in [1.165, 1.54) is 7.11 Å². The number of esters is 1. The summed E-state index contributed by atoms with van der Waals surface area (Å²) >= 11 is 0. The second kappa shape index (κ2) is 6.57. The van der Waals surface area contributed by atoms with Gasteiger partial charge in [-0.15, -0.1) is 0 Å². The number of methoxy groups -OCH3 is 1. The van der Waals surface area contributed by atoms with Crippen molar-refractivity contribution >= 4 is 20.3 Å². The van der Waals surface area contributed by atoms with E-state index in [0.717, 1.165) is 11.6 Å². The number of hydrogen-bond acceptors (Lipinski definition) is 3. The van der Waals surface area contributed by atoms with E-state index in [1.54, 1.807) is 0 Å². The van der Waals surface area contributed by atoms with Crippen LogP contribution >= 0.6 is 0 Å². The SMILES string of the molecule is CCc1c(C#CC[Si](C)(C)C)[nH]c(C=O)c1C(=O)OC. The van der Waals surface area contributed by atoms with E-state index in [4.69, 9.17) is 4.74 Å². The van der Waals surface area contributed by atoms with E-state index >= 15 is 0 Å². The molecule has 0 atom stereocenters. The van der Waals surface area contributed by atoms with Crippen molar-refractivity contribution in [1.82, 2.24) is 4.98 Å². The Labute approximate surface area is 120 Å². The first-order valence-electron chi connectivity index (χ1n) is 6.61. The molecule has 1 rings (SSSR count). The molecular formula is C15H21NO3Si. The standard InChI is InChI=1S/C15H21NO3Si/c1-6-11-12(8-7-9-20(3,4)5)16-13(10-17)14(11)15(18)19-2/h10,16H,6,9H2,1-5H3. The fourth-order valence-corrected chi connectivity index (χ4v) is 2.46. The third-order valence-corrected chi connectivity index (χ3v) is 4.06. The molecule has 0 fully saturated rings. The van der Waals surface area contributed by atoms with Gasteiger partial charge in [-0.1, -0.05) is 32.5 Å². The van der Waals surface area contributed by atoms with Crippen molar-refractivity contribution in [2.24, 2.45) is 0 Å². The maximum absolute atomic E-state index is 11.8. The molecule has 5 heteroatoms. The molecule has 4 nitrogen and oxygen atoms in total. The molecule has 108 valence electrons. The van der Waals surface area contributed by atoms with Gasteiger partial charge in [-0.3, -0.25) is 4.79 Å². The lowest BCUT2D eigenvalue weighted by atomic mass is 10.1. The Bertz CT molecular complexity index is 570. The van der Waals surface area contributed by atoms with Gasteiger partial charge in [0.2, 0.25) is 0 Å². The van der Waals surface area contributed by atoms with Crippen molar-refractivity contribution in [1.29, 1.82) is 0 Å². The lowest BCUT2D eigenvalue weighted by Gasteiger charge is -2.09. The first-order valence-corrected chi connectivity index (χ1v) is 10.3. The summed E-state index contributed by atoms with van der Waals surface area (Å²) in [5.41, 5.74) is 1.95. The van der Waals surface area contributed by atoms with Gasteiger partial charge < -0.3 is 9.72 Å². The van der Waals surface area contributed by atoms with E-state index in [1.807, 2.05) is 6.92 Å². The fourth-order valence-electron chi connectivity index (χ4n) is 1.84. The van der Waals surface area contributed by atoms with Gasteiger partial charge >= 0.3 is 5.97 Å². The number of rotatable bonds is 4. The molecule has 0 spiro atoms. The van der Waals surface area contributed by atoms with Gasteiger partial charge in [0.15, 0.2) is 6.29 Å². The van der Waals surface area contributed by atoms with E-state index in [0.29, 0.717) is 24.0 Å². The van der Waals surface area contributed by atoms with E-state index in [9.17, 15) is 9.59 Å². The van der Waals surface area contributed by atoms with Crippen LogP contribution in [0.4, 0.5) is 0 Å². The van der Waals surface area contributed by atoms with E-state index in [-0.39, 0.29) is 5.69 Å².